The van der Waals surface area contributed by atoms with E-state index in [1.54, 1.807) is 6.07 Å². The fraction of sp³-hybridized carbons (Fsp3) is 0.300. The fourth-order valence-electron chi connectivity index (χ4n) is 1.22. The van der Waals surface area contributed by atoms with E-state index in [2.05, 4.69) is 0 Å². The van der Waals surface area contributed by atoms with Crippen LogP contribution in [-0.4, -0.2) is 5.11 Å². The van der Waals surface area contributed by atoms with Crippen LogP contribution in [0.2, 0.25) is 0 Å². The van der Waals surface area contributed by atoms with Gasteiger partial charge in [0.05, 0.1) is 24.2 Å². The predicted molar refractivity (Wildman–Crippen MR) is 46.6 cm³/mol. The largest absolute Gasteiger partial charge is 0.419 e. The van der Waals surface area contributed by atoms with Gasteiger partial charge in [0.25, 0.3) is 0 Å². The summed E-state index contributed by atoms with van der Waals surface area (Å²) in [6.07, 6.45) is -6.82. The normalized spacial score (nSPS) is 13.2. The first kappa shape index (κ1) is 12.5. The lowest BCUT2D eigenvalue weighted by molar-refractivity contribution is -0.140. The molecule has 0 saturated heterocycles. The highest BCUT2D eigenvalue weighted by atomic mass is 19.4. The number of nitriles is 1. The Balaban J connectivity index is 3.20. The van der Waals surface area contributed by atoms with E-state index in [9.17, 15) is 22.7 Å². The van der Waals surface area contributed by atoms with Crippen molar-refractivity contribution in [1.82, 2.24) is 0 Å². The molecule has 1 atom stereocenters. The molecule has 0 aliphatic heterocycles. The van der Waals surface area contributed by atoms with Crippen molar-refractivity contribution < 1.29 is 22.7 Å². The molecule has 2 nitrogen and oxygen atoms in total. The van der Waals surface area contributed by atoms with Gasteiger partial charge in [-0.15, -0.1) is 0 Å². The van der Waals surface area contributed by atoms with Crippen LogP contribution in [0, 0.1) is 17.1 Å². The zero-order chi connectivity index (χ0) is 12.3. The molecule has 0 aromatic heterocycles. The smallest absolute Gasteiger partial charge is 0.387 e. The maximum Gasteiger partial charge on any atom is 0.419 e. The number of aliphatic hydroxyl groups is 1. The maximum atomic E-state index is 13.4. The molecule has 0 aliphatic rings. The van der Waals surface area contributed by atoms with E-state index >= 15 is 0 Å². The van der Waals surface area contributed by atoms with Crippen LogP contribution in [0.3, 0.4) is 0 Å². The molecule has 6 heteroatoms. The van der Waals surface area contributed by atoms with Gasteiger partial charge in [0.1, 0.15) is 5.82 Å². The van der Waals surface area contributed by atoms with E-state index in [4.69, 9.17) is 5.26 Å². The van der Waals surface area contributed by atoms with Crippen LogP contribution in [0.25, 0.3) is 0 Å². The average Bonchev–Trinajstić information content (AvgIpc) is 2.16. The number of benzene rings is 1. The Kier molecular flexibility index (Phi) is 3.50. The number of rotatable bonds is 2. The molecule has 1 rings (SSSR count). The van der Waals surface area contributed by atoms with Gasteiger partial charge >= 0.3 is 6.18 Å². The van der Waals surface area contributed by atoms with E-state index in [1.807, 2.05) is 0 Å². The first-order valence-electron chi connectivity index (χ1n) is 4.28. The van der Waals surface area contributed by atoms with Crippen molar-refractivity contribution in [3.05, 3.63) is 35.1 Å². The number of alkyl halides is 3. The van der Waals surface area contributed by atoms with Gasteiger partial charge in [-0.2, -0.15) is 18.4 Å². The summed E-state index contributed by atoms with van der Waals surface area (Å²) in [6, 6.07) is 4.14. The standard InChI is InChI=1S/C10H7F4NO/c11-9-6(8(16)4-5-15)2-1-3-7(9)10(12,13)14/h1-3,8,16H,4H2. The van der Waals surface area contributed by atoms with E-state index < -0.39 is 35.6 Å². The Morgan fingerprint density at radius 1 is 1.38 bits per heavy atom. The van der Waals surface area contributed by atoms with Gasteiger partial charge in [-0.25, -0.2) is 4.39 Å². The first-order chi connectivity index (χ1) is 7.38. The molecule has 0 radical (unpaired) electrons. The minimum Gasteiger partial charge on any atom is -0.387 e. The predicted octanol–water partition coefficient (Wildman–Crippen LogP) is 2.79. The van der Waals surface area contributed by atoms with Crippen LogP contribution < -0.4 is 0 Å². The van der Waals surface area contributed by atoms with Gasteiger partial charge in [-0.1, -0.05) is 12.1 Å². The summed E-state index contributed by atoms with van der Waals surface area (Å²) in [5.74, 6) is -1.53. The topological polar surface area (TPSA) is 44.0 Å². The van der Waals surface area contributed by atoms with Crippen LogP contribution in [0.1, 0.15) is 23.7 Å². The molecule has 86 valence electrons. The molecule has 0 bridgehead atoms. The number of halogens is 4. The highest BCUT2D eigenvalue weighted by Crippen LogP contribution is 2.34. The molecule has 0 spiro atoms. The van der Waals surface area contributed by atoms with Crippen molar-refractivity contribution in [2.24, 2.45) is 0 Å². The number of aliphatic hydroxyl groups excluding tert-OH is 1. The van der Waals surface area contributed by atoms with Crippen LogP contribution in [0.4, 0.5) is 17.6 Å². The van der Waals surface area contributed by atoms with E-state index in [0.717, 1.165) is 12.1 Å². The lowest BCUT2D eigenvalue weighted by Crippen LogP contribution is -2.11. The second-order valence-electron chi connectivity index (χ2n) is 3.08. The molecule has 1 unspecified atom stereocenters. The second kappa shape index (κ2) is 4.49. The minimum absolute atomic E-state index is 0.460. The molecule has 0 aliphatic carbocycles. The van der Waals surface area contributed by atoms with Crippen molar-refractivity contribution >= 4 is 0 Å². The highest BCUT2D eigenvalue weighted by molar-refractivity contribution is 5.30. The quantitative estimate of drug-likeness (QED) is 0.798. The molecule has 0 saturated carbocycles. The zero-order valence-corrected chi connectivity index (χ0v) is 7.92. The summed E-state index contributed by atoms with van der Waals surface area (Å²) in [5.41, 5.74) is -1.96. The number of hydrogen-bond acceptors (Lipinski definition) is 2. The van der Waals surface area contributed by atoms with E-state index in [0.29, 0.717) is 6.07 Å². The molecule has 0 fully saturated rings. The van der Waals surface area contributed by atoms with E-state index in [-0.39, 0.29) is 0 Å². The van der Waals surface area contributed by atoms with Gasteiger partial charge in [-0.05, 0) is 6.07 Å². The lowest BCUT2D eigenvalue weighted by Gasteiger charge is -2.13. The van der Waals surface area contributed by atoms with Crippen molar-refractivity contribution in [2.45, 2.75) is 18.7 Å². The Hall–Kier alpha value is -1.61. The summed E-state index contributed by atoms with van der Waals surface area (Å²) in [4.78, 5) is 0. The van der Waals surface area contributed by atoms with E-state index in [1.165, 1.54) is 0 Å². The summed E-state index contributed by atoms with van der Waals surface area (Å²) < 4.78 is 50.2. The summed E-state index contributed by atoms with van der Waals surface area (Å²) in [7, 11) is 0. The van der Waals surface area contributed by atoms with Crippen LogP contribution in [-0.2, 0) is 6.18 Å². The number of nitrogens with zero attached hydrogens (tertiary/aromatic N) is 1. The van der Waals surface area contributed by atoms with Crippen molar-refractivity contribution in [3.63, 3.8) is 0 Å². The first-order valence-corrected chi connectivity index (χ1v) is 4.28. The molecular weight excluding hydrogens is 226 g/mol. The summed E-state index contributed by atoms with van der Waals surface area (Å²) >= 11 is 0. The van der Waals surface area contributed by atoms with Crippen molar-refractivity contribution in [1.29, 1.82) is 5.26 Å². The minimum atomic E-state index is -4.81. The van der Waals surface area contributed by atoms with Gasteiger partial charge < -0.3 is 5.11 Å². The molecule has 0 heterocycles. The maximum absolute atomic E-state index is 13.4. The highest BCUT2D eigenvalue weighted by Gasteiger charge is 2.35. The van der Waals surface area contributed by atoms with Crippen molar-refractivity contribution in [3.8, 4) is 6.07 Å². The van der Waals surface area contributed by atoms with Crippen LogP contribution >= 0.6 is 0 Å². The van der Waals surface area contributed by atoms with Gasteiger partial charge in [0, 0.05) is 5.56 Å². The fourth-order valence-corrected chi connectivity index (χ4v) is 1.22. The Labute approximate surface area is 88.7 Å². The van der Waals surface area contributed by atoms with Gasteiger partial charge in [0.15, 0.2) is 0 Å². The third-order valence-electron chi connectivity index (χ3n) is 1.98. The Bertz CT molecular complexity index is 422. The molecular formula is C10H7F4NO. The molecule has 1 aromatic carbocycles. The lowest BCUT2D eigenvalue weighted by atomic mass is 10.0. The third kappa shape index (κ3) is 2.49. The SMILES string of the molecule is N#CCC(O)c1cccc(C(F)(F)F)c1F. The van der Waals surface area contributed by atoms with Gasteiger partial charge in [0.2, 0.25) is 0 Å². The number of hydrogen-bond donors (Lipinski definition) is 1. The Morgan fingerprint density at radius 2 is 2.00 bits per heavy atom. The molecule has 0 amide bonds. The molecule has 1 aromatic rings. The zero-order valence-electron chi connectivity index (χ0n) is 7.92. The Morgan fingerprint density at radius 3 is 2.50 bits per heavy atom. The monoisotopic (exact) mass is 233 g/mol. The van der Waals surface area contributed by atoms with Crippen molar-refractivity contribution in [2.75, 3.05) is 0 Å². The summed E-state index contributed by atoms with van der Waals surface area (Å²) in [6.45, 7) is 0. The van der Waals surface area contributed by atoms with Crippen LogP contribution in [0.15, 0.2) is 18.2 Å². The second-order valence-corrected chi connectivity index (χ2v) is 3.08. The molecule has 1 N–H and O–H groups in total. The molecule has 16 heavy (non-hydrogen) atoms. The van der Waals surface area contributed by atoms with Crippen LogP contribution in [0.5, 0.6) is 0 Å². The summed E-state index contributed by atoms with van der Waals surface area (Å²) in [5, 5.41) is 17.5. The average molecular weight is 233 g/mol. The van der Waals surface area contributed by atoms with Gasteiger partial charge in [-0.3, -0.25) is 0 Å². The third-order valence-corrected chi connectivity index (χ3v) is 1.98.